The van der Waals surface area contributed by atoms with Gasteiger partial charge in [0.05, 0.1) is 18.4 Å². The fraction of sp³-hybridized carbons (Fsp3) is 0.211. The van der Waals surface area contributed by atoms with Crippen LogP contribution >= 0.6 is 0 Å². The molecule has 5 heteroatoms. The Kier molecular flexibility index (Phi) is 4.82. The van der Waals surface area contributed by atoms with Crippen LogP contribution in [0.1, 0.15) is 27.2 Å². The van der Waals surface area contributed by atoms with Crippen molar-refractivity contribution in [1.82, 2.24) is 19.9 Å². The summed E-state index contributed by atoms with van der Waals surface area (Å²) in [5.74, 6) is 0.0381. The third kappa shape index (κ3) is 3.94. The van der Waals surface area contributed by atoms with Gasteiger partial charge in [0.15, 0.2) is 5.78 Å². The summed E-state index contributed by atoms with van der Waals surface area (Å²) in [6.45, 7) is 1.41. The Morgan fingerprint density at radius 2 is 1.67 bits per heavy atom. The summed E-state index contributed by atoms with van der Waals surface area (Å²) < 4.78 is 1.81. The predicted molar refractivity (Wildman–Crippen MR) is 92.8 cm³/mol. The molecule has 0 amide bonds. The molecule has 1 aromatic heterocycles. The minimum atomic E-state index is 0.0381. The molecule has 24 heavy (non-hydrogen) atoms. The zero-order chi connectivity index (χ0) is 16.9. The largest absolute Gasteiger partial charge is 0.303 e. The van der Waals surface area contributed by atoms with Crippen molar-refractivity contribution in [2.24, 2.45) is 0 Å². The maximum absolute atomic E-state index is 12.4. The molecule has 0 spiro atoms. The Balaban J connectivity index is 1.68. The highest BCUT2D eigenvalue weighted by molar-refractivity contribution is 6.08. The summed E-state index contributed by atoms with van der Waals surface area (Å²) in [6, 6.07) is 17.0. The molecule has 122 valence electrons. The number of aromatic nitrogens is 3. The molecule has 0 aliphatic heterocycles. The molecule has 0 unspecified atom stereocenters. The lowest BCUT2D eigenvalue weighted by molar-refractivity contribution is 0.103. The second kappa shape index (κ2) is 7.19. The Morgan fingerprint density at radius 1 is 1.00 bits per heavy atom. The van der Waals surface area contributed by atoms with Crippen molar-refractivity contribution in [2.75, 3.05) is 14.1 Å². The van der Waals surface area contributed by atoms with Crippen LogP contribution in [0.4, 0.5) is 0 Å². The fourth-order valence-corrected chi connectivity index (χ4v) is 2.52. The lowest BCUT2D eigenvalue weighted by Crippen LogP contribution is -2.10. The Morgan fingerprint density at radius 3 is 2.33 bits per heavy atom. The maximum atomic E-state index is 12.4. The minimum Gasteiger partial charge on any atom is -0.303 e. The third-order valence-electron chi connectivity index (χ3n) is 3.66. The standard InChI is InChI=1S/C19H20N4O/c1-22(2)13-18-14-23(21-20-18)12-15-8-10-17(11-9-15)19(24)16-6-4-3-5-7-16/h3-11,14H,12-13H2,1-2H3. The van der Waals surface area contributed by atoms with E-state index in [2.05, 4.69) is 15.2 Å². The molecule has 0 bridgehead atoms. The van der Waals surface area contributed by atoms with Gasteiger partial charge in [0.2, 0.25) is 0 Å². The molecule has 5 nitrogen and oxygen atoms in total. The molecule has 0 aliphatic rings. The number of benzene rings is 2. The van der Waals surface area contributed by atoms with Crippen LogP contribution in [0.15, 0.2) is 60.8 Å². The first-order valence-electron chi connectivity index (χ1n) is 7.84. The van der Waals surface area contributed by atoms with E-state index in [1.165, 1.54) is 0 Å². The number of rotatable bonds is 6. The first-order valence-corrected chi connectivity index (χ1v) is 7.84. The number of ketones is 1. The summed E-state index contributed by atoms with van der Waals surface area (Å²) in [7, 11) is 4.00. The second-order valence-electron chi connectivity index (χ2n) is 6.04. The normalized spacial score (nSPS) is 11.0. The molecule has 3 rings (SSSR count). The van der Waals surface area contributed by atoms with Crippen LogP contribution in [0.5, 0.6) is 0 Å². The van der Waals surface area contributed by atoms with Crippen LogP contribution in [-0.4, -0.2) is 39.8 Å². The monoisotopic (exact) mass is 320 g/mol. The Labute approximate surface area is 141 Å². The van der Waals surface area contributed by atoms with Gasteiger partial charge in [-0.2, -0.15) is 0 Å². The molecule has 0 saturated heterocycles. The molecular formula is C19H20N4O. The summed E-state index contributed by atoms with van der Waals surface area (Å²) in [6.07, 6.45) is 1.95. The van der Waals surface area contributed by atoms with Gasteiger partial charge >= 0.3 is 0 Å². The highest BCUT2D eigenvalue weighted by Gasteiger charge is 2.08. The molecule has 0 atom stereocenters. The zero-order valence-electron chi connectivity index (χ0n) is 13.9. The van der Waals surface area contributed by atoms with E-state index >= 15 is 0 Å². The van der Waals surface area contributed by atoms with Crippen molar-refractivity contribution in [1.29, 1.82) is 0 Å². The van der Waals surface area contributed by atoms with E-state index in [1.54, 1.807) is 0 Å². The quantitative estimate of drug-likeness (QED) is 0.655. The second-order valence-corrected chi connectivity index (χ2v) is 6.04. The fourth-order valence-electron chi connectivity index (χ4n) is 2.52. The van der Waals surface area contributed by atoms with Crippen LogP contribution in [0, 0.1) is 0 Å². The lowest BCUT2D eigenvalue weighted by atomic mass is 10.0. The predicted octanol–water partition coefficient (Wildman–Crippen LogP) is 2.62. The van der Waals surface area contributed by atoms with Gasteiger partial charge in [-0.15, -0.1) is 5.10 Å². The summed E-state index contributed by atoms with van der Waals surface area (Å²) >= 11 is 0. The van der Waals surface area contributed by atoms with E-state index in [0.717, 1.165) is 17.8 Å². The van der Waals surface area contributed by atoms with Crippen molar-refractivity contribution in [3.8, 4) is 0 Å². The van der Waals surface area contributed by atoms with Gasteiger partial charge in [-0.1, -0.05) is 59.8 Å². The van der Waals surface area contributed by atoms with Gasteiger partial charge in [-0.3, -0.25) is 4.79 Å². The smallest absolute Gasteiger partial charge is 0.193 e. The van der Waals surface area contributed by atoms with E-state index < -0.39 is 0 Å². The topological polar surface area (TPSA) is 51.0 Å². The molecular weight excluding hydrogens is 300 g/mol. The number of nitrogens with zero attached hydrogens (tertiary/aromatic N) is 4. The lowest BCUT2D eigenvalue weighted by Gasteiger charge is -2.05. The van der Waals surface area contributed by atoms with Gasteiger partial charge in [0.25, 0.3) is 0 Å². The molecule has 0 saturated carbocycles. The van der Waals surface area contributed by atoms with E-state index in [1.807, 2.05) is 79.6 Å². The van der Waals surface area contributed by atoms with E-state index in [9.17, 15) is 4.79 Å². The van der Waals surface area contributed by atoms with Gasteiger partial charge in [-0.05, 0) is 19.7 Å². The molecule has 0 aliphatic carbocycles. The van der Waals surface area contributed by atoms with Crippen molar-refractivity contribution < 1.29 is 4.79 Å². The summed E-state index contributed by atoms with van der Waals surface area (Å²) in [5.41, 5.74) is 3.42. The molecule has 0 fully saturated rings. The molecule has 0 N–H and O–H groups in total. The minimum absolute atomic E-state index is 0.0381. The first-order chi connectivity index (χ1) is 11.6. The average Bonchev–Trinajstić information content (AvgIpc) is 3.02. The van der Waals surface area contributed by atoms with Gasteiger partial charge < -0.3 is 4.90 Å². The highest BCUT2D eigenvalue weighted by atomic mass is 16.1. The highest BCUT2D eigenvalue weighted by Crippen LogP contribution is 2.12. The first kappa shape index (κ1) is 16.1. The van der Waals surface area contributed by atoms with Crippen LogP contribution in [0.3, 0.4) is 0 Å². The van der Waals surface area contributed by atoms with Crippen molar-refractivity contribution >= 4 is 5.78 Å². The van der Waals surface area contributed by atoms with Gasteiger partial charge in [-0.25, -0.2) is 4.68 Å². The molecule has 1 heterocycles. The number of hydrogen-bond donors (Lipinski definition) is 0. The molecule has 3 aromatic rings. The van der Waals surface area contributed by atoms with E-state index in [4.69, 9.17) is 0 Å². The third-order valence-corrected chi connectivity index (χ3v) is 3.66. The molecule has 0 radical (unpaired) electrons. The summed E-state index contributed by atoms with van der Waals surface area (Å²) in [4.78, 5) is 14.4. The van der Waals surface area contributed by atoms with Gasteiger partial charge in [0, 0.05) is 17.7 Å². The van der Waals surface area contributed by atoms with Crippen LogP contribution in [0.2, 0.25) is 0 Å². The van der Waals surface area contributed by atoms with E-state index in [-0.39, 0.29) is 5.78 Å². The SMILES string of the molecule is CN(C)Cc1cn(Cc2ccc(C(=O)c3ccccc3)cc2)nn1. The Bertz CT molecular complexity index is 807. The number of hydrogen-bond acceptors (Lipinski definition) is 4. The van der Waals surface area contributed by atoms with Crippen molar-refractivity contribution in [3.05, 3.63) is 83.2 Å². The zero-order valence-corrected chi connectivity index (χ0v) is 13.9. The van der Waals surface area contributed by atoms with Crippen LogP contribution < -0.4 is 0 Å². The van der Waals surface area contributed by atoms with Crippen molar-refractivity contribution in [3.63, 3.8) is 0 Å². The van der Waals surface area contributed by atoms with Crippen LogP contribution in [-0.2, 0) is 13.1 Å². The molecule has 2 aromatic carbocycles. The maximum Gasteiger partial charge on any atom is 0.193 e. The van der Waals surface area contributed by atoms with Gasteiger partial charge in [0.1, 0.15) is 0 Å². The van der Waals surface area contributed by atoms with Crippen molar-refractivity contribution in [2.45, 2.75) is 13.1 Å². The Hall–Kier alpha value is -2.79. The number of carbonyl (C=O) groups excluding carboxylic acids is 1. The number of carbonyl (C=O) groups is 1. The van der Waals surface area contributed by atoms with Crippen LogP contribution in [0.25, 0.3) is 0 Å². The summed E-state index contributed by atoms with van der Waals surface area (Å²) in [5, 5.41) is 8.30. The van der Waals surface area contributed by atoms with E-state index in [0.29, 0.717) is 17.7 Å². The average molecular weight is 320 g/mol.